The van der Waals surface area contributed by atoms with Gasteiger partial charge in [-0.15, -0.1) is 0 Å². The number of nitro groups is 1. The van der Waals surface area contributed by atoms with Gasteiger partial charge in [0, 0.05) is 6.07 Å². The lowest BCUT2D eigenvalue weighted by atomic mass is 10.2. The third kappa shape index (κ3) is 5.30. The molecule has 0 bridgehead atoms. The molecule has 0 fully saturated rings. The van der Waals surface area contributed by atoms with E-state index in [0.29, 0.717) is 5.56 Å². The molecule has 0 atom stereocenters. The summed E-state index contributed by atoms with van der Waals surface area (Å²) in [6.07, 6.45) is -0.237. The summed E-state index contributed by atoms with van der Waals surface area (Å²) in [5.74, 6) is -1.03. The lowest BCUT2D eigenvalue weighted by molar-refractivity contribution is -0.385. The molecule has 8 nitrogen and oxygen atoms in total. The third-order valence-electron chi connectivity index (χ3n) is 3.07. The van der Waals surface area contributed by atoms with E-state index in [1.165, 1.54) is 42.5 Å². The Morgan fingerprint density at radius 2 is 1.73 bits per heavy atom. The largest absolute Gasteiger partial charge is 0.475 e. The Bertz CT molecular complexity index is 799. The monoisotopic (exact) mass is 359 g/mol. The number of benzene rings is 2. The molecular weight excluding hydrogens is 342 g/mol. The topological polar surface area (TPSA) is 105 Å². The van der Waals surface area contributed by atoms with E-state index >= 15 is 0 Å². The Kier molecular flexibility index (Phi) is 6.26. The van der Waals surface area contributed by atoms with Gasteiger partial charge in [0.15, 0.2) is 12.4 Å². The van der Waals surface area contributed by atoms with Gasteiger partial charge in [0.25, 0.3) is 0 Å². The number of para-hydroxylation sites is 2. The highest BCUT2D eigenvalue weighted by Crippen LogP contribution is 2.25. The minimum Gasteiger partial charge on any atom is -0.475 e. The standard InChI is InChI=1S/C18H17NO7/c1-12(2)25-18(21)13-7-9-14(10-8-13)26-17(20)11-24-16-6-4-3-5-15(16)19(22)23/h3-10,12H,11H2,1-2H3. The Morgan fingerprint density at radius 3 is 2.35 bits per heavy atom. The molecule has 0 spiro atoms. The van der Waals surface area contributed by atoms with Gasteiger partial charge in [0.05, 0.1) is 16.6 Å². The van der Waals surface area contributed by atoms with Gasteiger partial charge >= 0.3 is 17.6 Å². The van der Waals surface area contributed by atoms with Crippen LogP contribution in [0.2, 0.25) is 0 Å². The van der Waals surface area contributed by atoms with Crippen LogP contribution in [-0.4, -0.2) is 29.6 Å². The van der Waals surface area contributed by atoms with Crippen molar-refractivity contribution in [1.29, 1.82) is 0 Å². The highest BCUT2D eigenvalue weighted by Gasteiger charge is 2.16. The van der Waals surface area contributed by atoms with Gasteiger partial charge in [-0.05, 0) is 44.2 Å². The quantitative estimate of drug-likeness (QED) is 0.324. The van der Waals surface area contributed by atoms with Crippen LogP contribution in [0.5, 0.6) is 11.5 Å². The maximum absolute atomic E-state index is 11.8. The second-order valence-corrected chi connectivity index (χ2v) is 5.47. The second kappa shape index (κ2) is 8.61. The van der Waals surface area contributed by atoms with Crippen molar-refractivity contribution < 1.29 is 28.7 Å². The Balaban J connectivity index is 1.92. The molecule has 0 aromatic heterocycles. The fraction of sp³-hybridized carbons (Fsp3) is 0.222. The first-order valence-corrected chi connectivity index (χ1v) is 7.74. The van der Waals surface area contributed by atoms with Crippen molar-refractivity contribution in [1.82, 2.24) is 0 Å². The average molecular weight is 359 g/mol. The van der Waals surface area contributed by atoms with Crippen LogP contribution >= 0.6 is 0 Å². The number of carbonyl (C=O) groups is 2. The van der Waals surface area contributed by atoms with E-state index in [4.69, 9.17) is 14.2 Å². The van der Waals surface area contributed by atoms with E-state index < -0.39 is 23.5 Å². The van der Waals surface area contributed by atoms with Crippen LogP contribution in [0, 0.1) is 10.1 Å². The number of hydrogen-bond donors (Lipinski definition) is 0. The number of hydrogen-bond acceptors (Lipinski definition) is 7. The van der Waals surface area contributed by atoms with Crippen molar-refractivity contribution in [2.24, 2.45) is 0 Å². The molecule has 2 rings (SSSR count). The van der Waals surface area contributed by atoms with E-state index in [1.54, 1.807) is 19.9 Å². The molecule has 136 valence electrons. The molecule has 0 N–H and O–H groups in total. The molecule has 0 unspecified atom stereocenters. The molecule has 0 amide bonds. The SMILES string of the molecule is CC(C)OC(=O)c1ccc(OC(=O)COc2ccccc2[N+](=O)[O-])cc1. The zero-order chi connectivity index (χ0) is 19.1. The number of carbonyl (C=O) groups excluding carboxylic acids is 2. The van der Waals surface area contributed by atoms with Crippen molar-refractivity contribution in [3.8, 4) is 11.5 Å². The first-order valence-electron chi connectivity index (χ1n) is 7.74. The van der Waals surface area contributed by atoms with E-state index in [9.17, 15) is 19.7 Å². The molecule has 0 saturated heterocycles. The highest BCUT2D eigenvalue weighted by molar-refractivity contribution is 5.89. The van der Waals surface area contributed by atoms with Gasteiger partial charge in [-0.2, -0.15) is 0 Å². The normalized spacial score (nSPS) is 10.3. The highest BCUT2D eigenvalue weighted by atomic mass is 16.6. The zero-order valence-electron chi connectivity index (χ0n) is 14.2. The Hall–Kier alpha value is -3.42. The summed E-state index contributed by atoms with van der Waals surface area (Å²) >= 11 is 0. The molecular formula is C18H17NO7. The number of rotatable bonds is 7. The lowest BCUT2D eigenvalue weighted by Gasteiger charge is -2.09. The number of nitrogens with zero attached hydrogens (tertiary/aromatic N) is 1. The summed E-state index contributed by atoms with van der Waals surface area (Å²) in [6, 6.07) is 11.5. The summed E-state index contributed by atoms with van der Waals surface area (Å²) in [7, 11) is 0. The van der Waals surface area contributed by atoms with E-state index in [0.717, 1.165) is 0 Å². The van der Waals surface area contributed by atoms with Crippen LogP contribution < -0.4 is 9.47 Å². The number of esters is 2. The third-order valence-corrected chi connectivity index (χ3v) is 3.07. The fourth-order valence-corrected chi connectivity index (χ4v) is 1.97. The maximum atomic E-state index is 11.8. The van der Waals surface area contributed by atoms with Crippen molar-refractivity contribution in [2.75, 3.05) is 6.61 Å². The summed E-state index contributed by atoms with van der Waals surface area (Å²) in [5.41, 5.74) is 0.0861. The molecule has 0 aliphatic rings. The molecule has 2 aromatic carbocycles. The zero-order valence-corrected chi connectivity index (χ0v) is 14.2. The first kappa shape index (κ1) is 18.9. The van der Waals surface area contributed by atoms with Gasteiger partial charge in [-0.1, -0.05) is 12.1 Å². The van der Waals surface area contributed by atoms with Crippen molar-refractivity contribution in [3.05, 3.63) is 64.2 Å². The molecule has 2 aromatic rings. The molecule has 0 heterocycles. The van der Waals surface area contributed by atoms with E-state index in [-0.39, 0.29) is 23.3 Å². The molecule has 0 saturated carbocycles. The summed E-state index contributed by atoms with van der Waals surface area (Å²) < 4.78 is 15.3. The van der Waals surface area contributed by atoms with Gasteiger partial charge in [0.1, 0.15) is 5.75 Å². The molecule has 8 heteroatoms. The van der Waals surface area contributed by atoms with Gasteiger partial charge in [-0.3, -0.25) is 10.1 Å². The smallest absolute Gasteiger partial charge is 0.349 e. The van der Waals surface area contributed by atoms with Crippen LogP contribution in [0.3, 0.4) is 0 Å². The van der Waals surface area contributed by atoms with E-state index in [1.807, 2.05) is 0 Å². The van der Waals surface area contributed by atoms with Gasteiger partial charge in [-0.25, -0.2) is 9.59 Å². The van der Waals surface area contributed by atoms with Crippen LogP contribution in [-0.2, 0) is 9.53 Å². The van der Waals surface area contributed by atoms with Crippen molar-refractivity contribution in [3.63, 3.8) is 0 Å². The summed E-state index contributed by atoms with van der Waals surface area (Å²) in [4.78, 5) is 33.8. The van der Waals surface area contributed by atoms with Crippen LogP contribution in [0.25, 0.3) is 0 Å². The van der Waals surface area contributed by atoms with Crippen molar-refractivity contribution in [2.45, 2.75) is 20.0 Å². The number of ether oxygens (including phenoxy) is 3. The lowest BCUT2D eigenvalue weighted by Crippen LogP contribution is -2.18. The van der Waals surface area contributed by atoms with Gasteiger partial charge in [0.2, 0.25) is 0 Å². The Morgan fingerprint density at radius 1 is 1.08 bits per heavy atom. The number of nitro benzene ring substituents is 1. The molecule has 26 heavy (non-hydrogen) atoms. The first-order chi connectivity index (χ1) is 12.4. The predicted molar refractivity (Wildman–Crippen MR) is 91.2 cm³/mol. The second-order valence-electron chi connectivity index (χ2n) is 5.47. The summed E-state index contributed by atoms with van der Waals surface area (Å²) in [5, 5.41) is 10.9. The minimum atomic E-state index is -0.736. The molecule has 0 radical (unpaired) electrons. The molecule has 0 aliphatic heterocycles. The predicted octanol–water partition coefficient (Wildman–Crippen LogP) is 3.14. The van der Waals surface area contributed by atoms with Crippen LogP contribution in [0.4, 0.5) is 5.69 Å². The van der Waals surface area contributed by atoms with Crippen LogP contribution in [0.15, 0.2) is 48.5 Å². The maximum Gasteiger partial charge on any atom is 0.349 e. The Labute approximate surface area is 149 Å². The van der Waals surface area contributed by atoms with Gasteiger partial charge < -0.3 is 14.2 Å². The molecule has 0 aliphatic carbocycles. The van der Waals surface area contributed by atoms with Crippen LogP contribution in [0.1, 0.15) is 24.2 Å². The fourth-order valence-electron chi connectivity index (χ4n) is 1.97. The summed E-state index contributed by atoms with van der Waals surface area (Å²) in [6.45, 7) is 2.98. The van der Waals surface area contributed by atoms with E-state index in [2.05, 4.69) is 0 Å². The average Bonchev–Trinajstić information content (AvgIpc) is 2.60. The van der Waals surface area contributed by atoms with Crippen molar-refractivity contribution >= 4 is 17.6 Å². The minimum absolute atomic E-state index is 0.0266.